The van der Waals surface area contributed by atoms with Crippen molar-refractivity contribution < 1.29 is 14.3 Å². The number of pyridine rings is 1. The topological polar surface area (TPSA) is 88.2 Å². The van der Waals surface area contributed by atoms with Crippen LogP contribution in [0.1, 0.15) is 10.7 Å². The van der Waals surface area contributed by atoms with Crippen LogP contribution in [0.4, 0.5) is 5.69 Å². The number of aromatic nitrogens is 2. The molecule has 0 aliphatic rings. The van der Waals surface area contributed by atoms with E-state index in [0.29, 0.717) is 11.3 Å². The van der Waals surface area contributed by atoms with Crippen LogP contribution < -0.4 is 5.32 Å². The van der Waals surface area contributed by atoms with Crippen molar-refractivity contribution in [1.82, 2.24) is 9.97 Å². The number of aromatic carboxylic acids is 1. The summed E-state index contributed by atoms with van der Waals surface area (Å²) in [7, 11) is 1.71. The van der Waals surface area contributed by atoms with Crippen LogP contribution in [-0.4, -0.2) is 28.1 Å². The fourth-order valence-electron chi connectivity index (χ4n) is 1.12. The highest BCUT2D eigenvalue weighted by Gasteiger charge is 2.15. The first-order valence-corrected chi connectivity index (χ1v) is 3.89. The molecule has 0 spiro atoms. The van der Waals surface area contributed by atoms with Gasteiger partial charge in [-0.25, -0.2) is 9.78 Å². The van der Waals surface area contributed by atoms with Crippen LogP contribution in [0.2, 0.25) is 0 Å². The molecule has 2 rings (SSSR count). The van der Waals surface area contributed by atoms with E-state index in [2.05, 4.69) is 15.3 Å². The first-order chi connectivity index (χ1) is 6.72. The van der Waals surface area contributed by atoms with Gasteiger partial charge in [0.15, 0.2) is 5.58 Å². The maximum atomic E-state index is 10.6. The number of anilines is 1. The normalized spacial score (nSPS) is 10.4. The Morgan fingerprint density at radius 1 is 1.64 bits per heavy atom. The van der Waals surface area contributed by atoms with E-state index in [9.17, 15) is 4.79 Å². The minimum absolute atomic E-state index is 0.286. The molecule has 0 saturated carbocycles. The van der Waals surface area contributed by atoms with Crippen LogP contribution in [0.5, 0.6) is 0 Å². The van der Waals surface area contributed by atoms with Gasteiger partial charge < -0.3 is 14.8 Å². The van der Waals surface area contributed by atoms with E-state index >= 15 is 0 Å². The smallest absolute Gasteiger partial charge is 0.392 e. The Balaban J connectivity index is 2.70. The Kier molecular flexibility index (Phi) is 1.81. The number of carbonyl (C=O) groups is 1. The molecule has 6 nitrogen and oxygen atoms in total. The number of nitrogens with zero attached hydrogens (tertiary/aromatic N) is 2. The minimum Gasteiger partial charge on any atom is -0.474 e. The highest BCUT2D eigenvalue weighted by Crippen LogP contribution is 2.21. The number of carboxylic acid groups (broad SMARTS) is 1. The van der Waals surface area contributed by atoms with Crippen molar-refractivity contribution in [3.8, 4) is 0 Å². The summed E-state index contributed by atoms with van der Waals surface area (Å²) in [5.74, 6) is -1.56. The predicted octanol–water partition coefficient (Wildman–Crippen LogP) is 0.963. The van der Waals surface area contributed by atoms with Gasteiger partial charge in [-0.3, -0.25) is 0 Å². The fraction of sp³-hybridized carbons (Fsp3) is 0.125. The summed E-state index contributed by atoms with van der Waals surface area (Å²) in [6, 6.07) is 1.68. The number of rotatable bonds is 2. The Labute approximate surface area is 78.6 Å². The van der Waals surface area contributed by atoms with E-state index in [1.807, 2.05) is 0 Å². The molecule has 0 fully saturated rings. The molecule has 0 amide bonds. The molecule has 0 aliphatic heterocycles. The monoisotopic (exact) mass is 193 g/mol. The van der Waals surface area contributed by atoms with Gasteiger partial charge in [0.2, 0.25) is 5.65 Å². The van der Waals surface area contributed by atoms with Gasteiger partial charge in [0, 0.05) is 13.2 Å². The third-order valence-corrected chi connectivity index (χ3v) is 1.74. The molecule has 0 saturated heterocycles. The van der Waals surface area contributed by atoms with E-state index in [1.54, 1.807) is 13.1 Å². The first kappa shape index (κ1) is 8.49. The average Bonchev–Trinajstić information content (AvgIpc) is 2.60. The summed E-state index contributed by atoms with van der Waals surface area (Å²) in [6.45, 7) is 0. The van der Waals surface area contributed by atoms with Gasteiger partial charge in [0.25, 0.3) is 0 Å². The molecule has 72 valence electrons. The van der Waals surface area contributed by atoms with Crippen LogP contribution in [0.3, 0.4) is 0 Å². The zero-order chi connectivity index (χ0) is 10.1. The number of nitrogens with one attached hydrogen (secondary N) is 1. The molecule has 2 N–H and O–H groups in total. The first-order valence-electron chi connectivity index (χ1n) is 3.89. The molecular formula is C8H7N3O3. The molecule has 2 aromatic heterocycles. The molecule has 0 aliphatic carbocycles. The molecule has 0 aromatic carbocycles. The SMILES string of the molecule is CNc1ccnc2nc(C(=O)O)oc12. The summed E-state index contributed by atoms with van der Waals surface area (Å²) < 4.78 is 5.02. The minimum atomic E-state index is -1.20. The van der Waals surface area contributed by atoms with Gasteiger partial charge in [-0.05, 0) is 6.07 Å². The summed E-state index contributed by atoms with van der Waals surface area (Å²) in [5.41, 5.74) is 1.30. The van der Waals surface area contributed by atoms with Gasteiger partial charge in [-0.15, -0.1) is 0 Å². The van der Waals surface area contributed by atoms with Crippen molar-refractivity contribution in [1.29, 1.82) is 0 Å². The molecular weight excluding hydrogens is 186 g/mol. The van der Waals surface area contributed by atoms with E-state index in [4.69, 9.17) is 9.52 Å². The molecule has 0 atom stereocenters. The number of oxazole rings is 1. The molecule has 0 radical (unpaired) electrons. The average molecular weight is 193 g/mol. The third-order valence-electron chi connectivity index (χ3n) is 1.74. The molecule has 6 heteroatoms. The summed E-state index contributed by atoms with van der Waals surface area (Å²) >= 11 is 0. The Morgan fingerprint density at radius 3 is 3.07 bits per heavy atom. The van der Waals surface area contributed by atoms with Crippen LogP contribution in [0, 0.1) is 0 Å². The number of hydrogen-bond donors (Lipinski definition) is 2. The third kappa shape index (κ3) is 1.17. The highest BCUT2D eigenvalue weighted by molar-refractivity contribution is 5.89. The predicted molar refractivity (Wildman–Crippen MR) is 48.3 cm³/mol. The maximum Gasteiger partial charge on any atom is 0.392 e. The van der Waals surface area contributed by atoms with E-state index < -0.39 is 5.97 Å². The van der Waals surface area contributed by atoms with Crippen molar-refractivity contribution in [2.45, 2.75) is 0 Å². The van der Waals surface area contributed by atoms with Gasteiger partial charge in [0.1, 0.15) is 0 Å². The van der Waals surface area contributed by atoms with Crippen molar-refractivity contribution in [3.63, 3.8) is 0 Å². The molecule has 2 aromatic rings. The highest BCUT2D eigenvalue weighted by atomic mass is 16.4. The van der Waals surface area contributed by atoms with Crippen LogP contribution in [0.15, 0.2) is 16.7 Å². The van der Waals surface area contributed by atoms with E-state index in [1.165, 1.54) is 6.20 Å². The summed E-state index contributed by atoms with van der Waals surface area (Å²) in [5, 5.41) is 11.5. The Morgan fingerprint density at radius 2 is 2.43 bits per heavy atom. The zero-order valence-corrected chi connectivity index (χ0v) is 7.31. The van der Waals surface area contributed by atoms with Crippen molar-refractivity contribution in [2.24, 2.45) is 0 Å². The van der Waals surface area contributed by atoms with Crippen molar-refractivity contribution in [3.05, 3.63) is 18.2 Å². The lowest BCUT2D eigenvalue weighted by Crippen LogP contribution is -1.94. The standard InChI is InChI=1S/C8H7N3O3/c1-9-4-2-3-10-6-5(4)14-7(11-6)8(12)13/h2-3H,1H3,(H,9,10)(H,12,13). The van der Waals surface area contributed by atoms with Crippen molar-refractivity contribution in [2.75, 3.05) is 12.4 Å². The van der Waals surface area contributed by atoms with Crippen molar-refractivity contribution >= 4 is 22.9 Å². The largest absolute Gasteiger partial charge is 0.474 e. The summed E-state index contributed by atoms with van der Waals surface area (Å²) in [6.07, 6.45) is 1.53. The molecule has 0 unspecified atom stereocenters. The molecule has 0 bridgehead atoms. The quantitative estimate of drug-likeness (QED) is 0.738. The lowest BCUT2D eigenvalue weighted by molar-refractivity contribution is 0.0656. The lowest BCUT2D eigenvalue weighted by atomic mass is 10.4. The second-order valence-electron chi connectivity index (χ2n) is 2.59. The lowest BCUT2D eigenvalue weighted by Gasteiger charge is -1.96. The van der Waals surface area contributed by atoms with E-state index in [0.717, 1.165) is 0 Å². The second-order valence-corrected chi connectivity index (χ2v) is 2.59. The van der Waals surface area contributed by atoms with Crippen LogP contribution in [0.25, 0.3) is 11.2 Å². The van der Waals surface area contributed by atoms with Gasteiger partial charge in [-0.2, -0.15) is 4.98 Å². The van der Waals surface area contributed by atoms with Gasteiger partial charge in [-0.1, -0.05) is 0 Å². The molecule has 14 heavy (non-hydrogen) atoms. The number of carboxylic acids is 1. The Bertz CT molecular complexity index is 492. The van der Waals surface area contributed by atoms with Crippen LogP contribution in [-0.2, 0) is 0 Å². The summed E-state index contributed by atoms with van der Waals surface area (Å²) in [4.78, 5) is 18.2. The number of fused-ring (bicyclic) bond motifs is 1. The van der Waals surface area contributed by atoms with Crippen LogP contribution >= 0.6 is 0 Å². The second kappa shape index (κ2) is 2.99. The van der Waals surface area contributed by atoms with Gasteiger partial charge >= 0.3 is 11.9 Å². The Hall–Kier alpha value is -2.11. The fourth-order valence-corrected chi connectivity index (χ4v) is 1.12. The number of hydrogen-bond acceptors (Lipinski definition) is 5. The maximum absolute atomic E-state index is 10.6. The van der Waals surface area contributed by atoms with Gasteiger partial charge in [0.05, 0.1) is 5.69 Å². The zero-order valence-electron chi connectivity index (χ0n) is 7.31. The van der Waals surface area contributed by atoms with E-state index in [-0.39, 0.29) is 11.5 Å². The molecule has 2 heterocycles.